The van der Waals surface area contributed by atoms with E-state index in [0.717, 1.165) is 22.4 Å². The number of nitrogens with zero attached hydrogens (tertiary/aromatic N) is 1. The van der Waals surface area contributed by atoms with Crippen molar-refractivity contribution in [1.29, 1.82) is 0 Å². The number of guanidine groups is 1. The number of aryl methyl sites for hydroxylation is 2. The first-order valence-electron chi connectivity index (χ1n) is 8.54. The van der Waals surface area contributed by atoms with Crippen LogP contribution in [-0.4, -0.2) is 17.6 Å². The van der Waals surface area contributed by atoms with Crippen molar-refractivity contribution in [3.8, 4) is 0 Å². The fraction of sp³-hybridized carbons (Fsp3) is 0.250. The van der Waals surface area contributed by atoms with E-state index in [1.807, 2.05) is 24.3 Å². The van der Waals surface area contributed by atoms with Gasteiger partial charge in [-0.1, -0.05) is 24.3 Å². The monoisotopic (exact) mass is 351 g/mol. The Labute approximate surface area is 151 Å². The van der Waals surface area contributed by atoms with Crippen molar-refractivity contribution in [3.05, 3.63) is 64.5 Å². The molecule has 2 aromatic carbocycles. The lowest BCUT2D eigenvalue weighted by atomic mass is 10.1. The van der Waals surface area contributed by atoms with Gasteiger partial charge in [0.2, 0.25) is 0 Å². The number of hydrogen-bond acceptors (Lipinski definition) is 3. The predicted molar refractivity (Wildman–Crippen MR) is 105 cm³/mol. The zero-order valence-corrected chi connectivity index (χ0v) is 14.7. The van der Waals surface area contributed by atoms with Crippen LogP contribution < -0.4 is 11.1 Å². The number of aliphatic hydroxyl groups is 1. The molecule has 0 fully saturated rings. The minimum Gasteiger partial charge on any atom is -0.386 e. The summed E-state index contributed by atoms with van der Waals surface area (Å²) in [5, 5.41) is 14.7. The smallest absolute Gasteiger partial charge is 0.193 e. The molecule has 1 atom stereocenters. The summed E-state index contributed by atoms with van der Waals surface area (Å²) >= 11 is 1.59. The molecule has 5 heteroatoms. The Morgan fingerprint density at radius 2 is 2.00 bits per heavy atom. The van der Waals surface area contributed by atoms with E-state index in [1.54, 1.807) is 11.3 Å². The SMILES string of the molecule is NC(=NCC(O)c1cc2ccccc2s1)Nc1ccc2c(c1)CCC2. The van der Waals surface area contributed by atoms with Gasteiger partial charge in [0, 0.05) is 15.3 Å². The van der Waals surface area contributed by atoms with Gasteiger partial charge in [-0.2, -0.15) is 0 Å². The largest absolute Gasteiger partial charge is 0.386 e. The Kier molecular flexibility index (Phi) is 4.42. The van der Waals surface area contributed by atoms with E-state index in [2.05, 4.69) is 34.6 Å². The van der Waals surface area contributed by atoms with Crippen LogP contribution in [0.25, 0.3) is 10.1 Å². The van der Waals surface area contributed by atoms with Crippen molar-refractivity contribution in [3.63, 3.8) is 0 Å². The molecule has 3 aromatic rings. The highest BCUT2D eigenvalue weighted by atomic mass is 32.1. The van der Waals surface area contributed by atoms with Crippen LogP contribution in [0.2, 0.25) is 0 Å². The van der Waals surface area contributed by atoms with E-state index in [1.165, 1.54) is 28.7 Å². The molecule has 0 amide bonds. The third-order valence-electron chi connectivity index (χ3n) is 4.58. The maximum absolute atomic E-state index is 10.4. The van der Waals surface area contributed by atoms with Gasteiger partial charge in [-0.05, 0) is 60.0 Å². The molecule has 0 spiro atoms. The molecule has 1 heterocycles. The van der Waals surface area contributed by atoms with E-state index in [9.17, 15) is 5.11 Å². The topological polar surface area (TPSA) is 70.6 Å². The molecule has 0 saturated heterocycles. The Hall–Kier alpha value is -2.37. The van der Waals surface area contributed by atoms with Gasteiger partial charge in [0.1, 0.15) is 6.10 Å². The van der Waals surface area contributed by atoms with Crippen molar-refractivity contribution in [1.82, 2.24) is 0 Å². The second-order valence-corrected chi connectivity index (χ2v) is 7.51. The number of nitrogens with one attached hydrogen (secondary N) is 1. The summed E-state index contributed by atoms with van der Waals surface area (Å²) in [5.74, 6) is 0.332. The number of rotatable bonds is 4. The molecule has 1 aliphatic rings. The van der Waals surface area contributed by atoms with Gasteiger partial charge in [-0.3, -0.25) is 4.99 Å². The lowest BCUT2D eigenvalue weighted by Crippen LogP contribution is -2.23. The Bertz CT molecular complexity index is 899. The van der Waals surface area contributed by atoms with E-state index >= 15 is 0 Å². The van der Waals surface area contributed by atoms with Crippen molar-refractivity contribution < 1.29 is 5.11 Å². The fourth-order valence-corrected chi connectivity index (χ4v) is 4.32. The number of hydrogen-bond donors (Lipinski definition) is 3. The normalized spacial score (nSPS) is 15.3. The number of nitrogens with two attached hydrogens (primary N) is 1. The summed E-state index contributed by atoms with van der Waals surface area (Å²) in [5.41, 5.74) is 9.76. The predicted octanol–water partition coefficient (Wildman–Crippen LogP) is 3.85. The van der Waals surface area contributed by atoms with Crippen LogP contribution in [0.5, 0.6) is 0 Å². The second kappa shape index (κ2) is 6.86. The number of fused-ring (bicyclic) bond motifs is 2. The van der Waals surface area contributed by atoms with Crippen LogP contribution >= 0.6 is 11.3 Å². The maximum Gasteiger partial charge on any atom is 0.193 e. The lowest BCUT2D eigenvalue weighted by molar-refractivity contribution is 0.191. The average molecular weight is 351 g/mol. The molecular weight excluding hydrogens is 330 g/mol. The quantitative estimate of drug-likeness (QED) is 0.494. The molecule has 1 aliphatic carbocycles. The minimum absolute atomic E-state index is 0.247. The van der Waals surface area contributed by atoms with Crippen molar-refractivity contribution in [2.75, 3.05) is 11.9 Å². The van der Waals surface area contributed by atoms with Crippen LogP contribution in [0, 0.1) is 0 Å². The van der Waals surface area contributed by atoms with E-state index in [4.69, 9.17) is 5.73 Å². The molecule has 0 aliphatic heterocycles. The summed E-state index contributed by atoms with van der Waals surface area (Å²) in [4.78, 5) is 5.21. The van der Waals surface area contributed by atoms with Crippen molar-refractivity contribution in [2.45, 2.75) is 25.4 Å². The third-order valence-corrected chi connectivity index (χ3v) is 5.80. The minimum atomic E-state index is -0.641. The maximum atomic E-state index is 10.4. The second-order valence-electron chi connectivity index (χ2n) is 6.39. The van der Waals surface area contributed by atoms with Gasteiger partial charge in [0.05, 0.1) is 6.54 Å². The Balaban J connectivity index is 1.41. The first-order valence-corrected chi connectivity index (χ1v) is 9.36. The highest BCUT2D eigenvalue weighted by Crippen LogP contribution is 2.30. The zero-order valence-electron chi connectivity index (χ0n) is 13.9. The van der Waals surface area contributed by atoms with Gasteiger partial charge in [0.15, 0.2) is 5.96 Å². The molecule has 25 heavy (non-hydrogen) atoms. The molecule has 0 bridgehead atoms. The standard InChI is InChI=1S/C20H21N3OS/c21-20(23-16-9-8-13-5-3-6-14(13)10-16)22-12-17(24)19-11-15-4-1-2-7-18(15)25-19/h1-2,4,7-11,17,24H,3,5-6,12H2,(H3,21,22,23). The van der Waals surface area contributed by atoms with Crippen molar-refractivity contribution in [2.24, 2.45) is 10.7 Å². The van der Waals surface area contributed by atoms with Crippen LogP contribution in [0.4, 0.5) is 5.69 Å². The summed E-state index contributed by atoms with van der Waals surface area (Å²) in [6.07, 6.45) is 2.88. The van der Waals surface area contributed by atoms with Gasteiger partial charge in [0.25, 0.3) is 0 Å². The summed E-state index contributed by atoms with van der Waals surface area (Å²) in [6, 6.07) is 16.5. The molecule has 0 saturated carbocycles. The summed E-state index contributed by atoms with van der Waals surface area (Å²) in [6.45, 7) is 0.247. The lowest BCUT2D eigenvalue weighted by Gasteiger charge is -2.09. The third kappa shape index (κ3) is 3.52. The Morgan fingerprint density at radius 1 is 1.16 bits per heavy atom. The van der Waals surface area contributed by atoms with Crippen LogP contribution in [0.15, 0.2) is 53.5 Å². The van der Waals surface area contributed by atoms with Gasteiger partial charge >= 0.3 is 0 Å². The molecule has 1 aromatic heterocycles. The fourth-order valence-electron chi connectivity index (χ4n) is 3.28. The molecular formula is C20H21N3OS. The van der Waals surface area contributed by atoms with E-state index in [-0.39, 0.29) is 6.54 Å². The summed E-state index contributed by atoms with van der Waals surface area (Å²) < 4.78 is 1.17. The number of benzene rings is 2. The van der Waals surface area contributed by atoms with Crippen LogP contribution in [-0.2, 0) is 12.8 Å². The average Bonchev–Trinajstić information content (AvgIpc) is 3.25. The van der Waals surface area contributed by atoms with Gasteiger partial charge < -0.3 is 16.2 Å². The molecule has 0 radical (unpaired) electrons. The van der Waals surface area contributed by atoms with Gasteiger partial charge in [-0.25, -0.2) is 0 Å². The van der Waals surface area contributed by atoms with Crippen LogP contribution in [0.3, 0.4) is 0 Å². The number of thiophene rings is 1. The molecule has 4 nitrogen and oxygen atoms in total. The van der Waals surface area contributed by atoms with E-state index < -0.39 is 6.10 Å². The first kappa shape index (κ1) is 16.1. The molecule has 4 rings (SSSR count). The van der Waals surface area contributed by atoms with Crippen LogP contribution in [0.1, 0.15) is 28.5 Å². The number of aliphatic imine (C=N–C) groups is 1. The highest BCUT2D eigenvalue weighted by Gasteiger charge is 2.12. The van der Waals surface area contributed by atoms with E-state index in [0.29, 0.717) is 5.96 Å². The molecule has 1 unspecified atom stereocenters. The highest BCUT2D eigenvalue weighted by molar-refractivity contribution is 7.19. The van der Waals surface area contributed by atoms with Crippen molar-refractivity contribution >= 4 is 33.1 Å². The Morgan fingerprint density at radius 3 is 2.88 bits per heavy atom. The molecule has 128 valence electrons. The molecule has 4 N–H and O–H groups in total. The van der Waals surface area contributed by atoms with Gasteiger partial charge in [-0.15, -0.1) is 11.3 Å². The summed E-state index contributed by atoms with van der Waals surface area (Å²) in [7, 11) is 0. The number of anilines is 1. The zero-order chi connectivity index (χ0) is 17.2. The number of aliphatic hydroxyl groups excluding tert-OH is 1. The first-order chi connectivity index (χ1) is 12.2.